The lowest BCUT2D eigenvalue weighted by molar-refractivity contribution is 0.799. The summed E-state index contributed by atoms with van der Waals surface area (Å²) < 4.78 is 3.82. The monoisotopic (exact) mass is 257 g/mol. The molecule has 18 heavy (non-hydrogen) atoms. The van der Waals surface area contributed by atoms with E-state index in [-0.39, 0.29) is 0 Å². The SMILES string of the molecule is Cc1cn2c3ccc(Cl)cc3cc2c2nnnn12. The first-order chi connectivity index (χ1) is 8.74. The van der Waals surface area contributed by atoms with Crippen LogP contribution >= 0.6 is 11.6 Å². The minimum atomic E-state index is 0.728. The van der Waals surface area contributed by atoms with Gasteiger partial charge in [-0.3, -0.25) is 0 Å². The lowest BCUT2D eigenvalue weighted by Gasteiger charge is -2.01. The molecule has 0 saturated heterocycles. The highest BCUT2D eigenvalue weighted by atomic mass is 35.5. The molecule has 5 nitrogen and oxygen atoms in total. The number of hydrogen-bond acceptors (Lipinski definition) is 3. The molecule has 0 N–H and O–H groups in total. The van der Waals surface area contributed by atoms with Crippen molar-refractivity contribution in [3.8, 4) is 0 Å². The van der Waals surface area contributed by atoms with Crippen LogP contribution in [0, 0.1) is 6.92 Å². The van der Waals surface area contributed by atoms with Crippen molar-refractivity contribution < 1.29 is 0 Å². The maximum atomic E-state index is 6.02. The Kier molecular flexibility index (Phi) is 1.75. The number of aromatic nitrogens is 5. The summed E-state index contributed by atoms with van der Waals surface area (Å²) in [6, 6.07) is 7.88. The van der Waals surface area contributed by atoms with Gasteiger partial charge in [-0.1, -0.05) is 11.6 Å². The number of tetrazole rings is 1. The normalized spacial score (nSPS) is 11.9. The molecular formula is C12H8ClN5. The molecule has 3 heterocycles. The number of aryl methyl sites for hydroxylation is 1. The van der Waals surface area contributed by atoms with Crippen molar-refractivity contribution in [3.63, 3.8) is 0 Å². The second-order valence-corrected chi connectivity index (χ2v) is 4.72. The molecule has 0 spiro atoms. The molecule has 0 radical (unpaired) electrons. The molecule has 1 aromatic carbocycles. The van der Waals surface area contributed by atoms with E-state index >= 15 is 0 Å². The van der Waals surface area contributed by atoms with Crippen LogP contribution in [-0.4, -0.2) is 24.4 Å². The third-order valence-corrected chi connectivity index (χ3v) is 3.38. The van der Waals surface area contributed by atoms with Gasteiger partial charge in [-0.25, -0.2) is 0 Å². The highest BCUT2D eigenvalue weighted by Gasteiger charge is 2.10. The summed E-state index contributed by atoms with van der Waals surface area (Å²) in [6.07, 6.45) is 2.02. The van der Waals surface area contributed by atoms with Crippen LogP contribution in [0.25, 0.3) is 22.1 Å². The third kappa shape index (κ3) is 1.14. The molecule has 0 saturated carbocycles. The molecule has 6 heteroatoms. The summed E-state index contributed by atoms with van der Waals surface area (Å²) in [5.41, 5.74) is 3.81. The average Bonchev–Trinajstić information content (AvgIpc) is 2.93. The second kappa shape index (κ2) is 3.20. The Morgan fingerprint density at radius 1 is 1.17 bits per heavy atom. The van der Waals surface area contributed by atoms with Crippen LogP contribution in [0.5, 0.6) is 0 Å². The summed E-state index contributed by atoms with van der Waals surface area (Å²) in [7, 11) is 0. The Morgan fingerprint density at radius 3 is 2.94 bits per heavy atom. The van der Waals surface area contributed by atoms with Crippen molar-refractivity contribution >= 4 is 33.7 Å². The predicted molar refractivity (Wildman–Crippen MR) is 69.0 cm³/mol. The minimum absolute atomic E-state index is 0.728. The molecule has 4 rings (SSSR count). The van der Waals surface area contributed by atoms with Crippen molar-refractivity contribution in [1.82, 2.24) is 24.4 Å². The highest BCUT2D eigenvalue weighted by molar-refractivity contribution is 6.31. The van der Waals surface area contributed by atoms with Crippen molar-refractivity contribution in [2.24, 2.45) is 0 Å². The van der Waals surface area contributed by atoms with Gasteiger partial charge in [0.25, 0.3) is 0 Å². The van der Waals surface area contributed by atoms with E-state index in [2.05, 4.69) is 19.9 Å². The fraction of sp³-hybridized carbons (Fsp3) is 0.0833. The van der Waals surface area contributed by atoms with E-state index in [0.717, 1.165) is 32.8 Å². The number of nitrogens with zero attached hydrogens (tertiary/aromatic N) is 5. The Labute approximate surface area is 107 Å². The van der Waals surface area contributed by atoms with Crippen molar-refractivity contribution in [1.29, 1.82) is 0 Å². The van der Waals surface area contributed by atoms with E-state index in [1.807, 2.05) is 37.4 Å². The molecule has 4 aromatic rings. The Balaban J connectivity index is 2.33. The van der Waals surface area contributed by atoms with Crippen LogP contribution in [0.1, 0.15) is 5.69 Å². The molecule has 0 atom stereocenters. The molecular weight excluding hydrogens is 250 g/mol. The van der Waals surface area contributed by atoms with Gasteiger partial charge in [0.05, 0.1) is 16.7 Å². The first-order valence-electron chi connectivity index (χ1n) is 5.52. The van der Waals surface area contributed by atoms with Gasteiger partial charge in [-0.2, -0.15) is 4.52 Å². The summed E-state index contributed by atoms with van der Waals surface area (Å²) in [5.74, 6) is 0. The van der Waals surface area contributed by atoms with Crippen molar-refractivity contribution in [2.75, 3.05) is 0 Å². The zero-order chi connectivity index (χ0) is 12.3. The van der Waals surface area contributed by atoms with Crippen LogP contribution in [0.15, 0.2) is 30.5 Å². The minimum Gasteiger partial charge on any atom is -0.311 e. The molecule has 88 valence electrons. The average molecular weight is 258 g/mol. The van der Waals surface area contributed by atoms with Gasteiger partial charge in [0, 0.05) is 16.6 Å². The Morgan fingerprint density at radius 2 is 2.06 bits per heavy atom. The molecule has 0 aliphatic rings. The topological polar surface area (TPSA) is 47.5 Å². The molecule has 0 aliphatic carbocycles. The van der Waals surface area contributed by atoms with Gasteiger partial charge in [0.1, 0.15) is 0 Å². The summed E-state index contributed by atoms with van der Waals surface area (Å²) >= 11 is 6.02. The first kappa shape index (κ1) is 9.85. The lowest BCUT2D eigenvalue weighted by Crippen LogP contribution is -1.98. The van der Waals surface area contributed by atoms with Gasteiger partial charge in [-0.15, -0.1) is 5.10 Å². The smallest absolute Gasteiger partial charge is 0.203 e. The molecule has 0 unspecified atom stereocenters. The number of halogens is 1. The Hall–Kier alpha value is -2.14. The Bertz CT molecular complexity index is 905. The van der Waals surface area contributed by atoms with Crippen LogP contribution in [0.4, 0.5) is 0 Å². The summed E-state index contributed by atoms with van der Waals surface area (Å²) in [5, 5.41) is 13.6. The van der Waals surface area contributed by atoms with Crippen molar-refractivity contribution in [2.45, 2.75) is 6.92 Å². The highest BCUT2D eigenvalue weighted by Crippen LogP contribution is 2.25. The van der Waals surface area contributed by atoms with E-state index in [1.54, 1.807) is 4.52 Å². The molecule has 0 fully saturated rings. The fourth-order valence-corrected chi connectivity index (χ4v) is 2.52. The van der Waals surface area contributed by atoms with E-state index in [4.69, 9.17) is 11.6 Å². The molecule has 0 aliphatic heterocycles. The number of fused-ring (bicyclic) bond motifs is 5. The fourth-order valence-electron chi connectivity index (χ4n) is 2.34. The zero-order valence-electron chi connectivity index (χ0n) is 9.50. The second-order valence-electron chi connectivity index (χ2n) is 4.29. The predicted octanol–water partition coefficient (Wildman–Crippen LogP) is 2.49. The maximum Gasteiger partial charge on any atom is 0.203 e. The van der Waals surface area contributed by atoms with Gasteiger partial charge in [-0.05, 0) is 41.6 Å². The zero-order valence-corrected chi connectivity index (χ0v) is 10.3. The number of rotatable bonds is 0. The van der Waals surface area contributed by atoms with E-state index < -0.39 is 0 Å². The summed E-state index contributed by atoms with van der Waals surface area (Å²) in [4.78, 5) is 0. The van der Waals surface area contributed by atoms with Gasteiger partial charge < -0.3 is 4.40 Å². The number of hydrogen-bond donors (Lipinski definition) is 0. The first-order valence-corrected chi connectivity index (χ1v) is 5.90. The van der Waals surface area contributed by atoms with Crippen LogP contribution in [0.2, 0.25) is 5.02 Å². The maximum absolute atomic E-state index is 6.02. The third-order valence-electron chi connectivity index (χ3n) is 3.15. The quantitative estimate of drug-likeness (QED) is 0.486. The molecule has 3 aromatic heterocycles. The van der Waals surface area contributed by atoms with Crippen LogP contribution in [-0.2, 0) is 0 Å². The lowest BCUT2D eigenvalue weighted by atomic mass is 10.2. The molecule has 0 amide bonds. The van der Waals surface area contributed by atoms with Crippen LogP contribution in [0.3, 0.4) is 0 Å². The van der Waals surface area contributed by atoms with Crippen LogP contribution < -0.4 is 0 Å². The standard InChI is InChI=1S/C12H8ClN5/c1-7-6-17-10-3-2-9(13)4-8(10)5-11(17)12-14-15-16-18(7)12/h2-6H,1H3. The van der Waals surface area contributed by atoms with Crippen molar-refractivity contribution in [3.05, 3.63) is 41.2 Å². The largest absolute Gasteiger partial charge is 0.311 e. The van der Waals surface area contributed by atoms with E-state index in [9.17, 15) is 0 Å². The van der Waals surface area contributed by atoms with Gasteiger partial charge >= 0.3 is 0 Å². The van der Waals surface area contributed by atoms with Gasteiger partial charge in [0.2, 0.25) is 5.65 Å². The van der Waals surface area contributed by atoms with Gasteiger partial charge in [0.15, 0.2) is 0 Å². The van der Waals surface area contributed by atoms with E-state index in [1.165, 1.54) is 0 Å². The number of benzene rings is 1. The summed E-state index contributed by atoms with van der Waals surface area (Å²) in [6.45, 7) is 1.98. The molecule has 0 bridgehead atoms. The van der Waals surface area contributed by atoms with E-state index in [0.29, 0.717) is 0 Å².